The topological polar surface area (TPSA) is 62.2 Å². The molecule has 0 saturated carbocycles. The van der Waals surface area contributed by atoms with E-state index in [1.807, 2.05) is 0 Å². The average molecular weight is 246 g/mol. The number of phenols is 1. The van der Waals surface area contributed by atoms with E-state index >= 15 is 0 Å². The zero-order valence-corrected chi connectivity index (χ0v) is 9.64. The van der Waals surface area contributed by atoms with Crippen molar-refractivity contribution in [2.45, 2.75) is 6.92 Å². The predicted molar refractivity (Wildman–Crippen MR) is 65.0 cm³/mol. The third kappa shape index (κ3) is 2.45. The van der Waals surface area contributed by atoms with Gasteiger partial charge in [0.2, 0.25) is 0 Å². The summed E-state index contributed by atoms with van der Waals surface area (Å²) in [5.74, 6) is -1.13. The monoisotopic (exact) mass is 246 g/mol. The average Bonchev–Trinajstić information content (AvgIpc) is 2.32. The standard InChI is InChI=1S/C13H11FN2O2/c1-8-3-2-6-15-12(8)16-13(18)10-5-4-9(14)7-11(10)17/h2-7,17H,1H3,(H,15,16,18). The molecule has 2 aromatic rings. The molecule has 0 saturated heterocycles. The summed E-state index contributed by atoms with van der Waals surface area (Å²) in [5.41, 5.74) is 0.800. The number of hydrogen-bond donors (Lipinski definition) is 2. The summed E-state index contributed by atoms with van der Waals surface area (Å²) in [6, 6.07) is 6.77. The van der Waals surface area contributed by atoms with Gasteiger partial charge in [-0.25, -0.2) is 9.37 Å². The lowest BCUT2D eigenvalue weighted by atomic mass is 10.2. The molecule has 1 heterocycles. The number of aryl methyl sites for hydroxylation is 1. The van der Waals surface area contributed by atoms with Gasteiger partial charge >= 0.3 is 0 Å². The van der Waals surface area contributed by atoms with Crippen molar-refractivity contribution < 1.29 is 14.3 Å². The summed E-state index contributed by atoms with van der Waals surface area (Å²) in [6.45, 7) is 1.80. The van der Waals surface area contributed by atoms with Crippen LogP contribution in [0, 0.1) is 12.7 Å². The molecule has 2 rings (SSSR count). The van der Waals surface area contributed by atoms with Gasteiger partial charge < -0.3 is 10.4 Å². The van der Waals surface area contributed by atoms with E-state index in [0.29, 0.717) is 5.82 Å². The molecule has 0 aliphatic carbocycles. The van der Waals surface area contributed by atoms with Crippen molar-refractivity contribution in [3.63, 3.8) is 0 Å². The molecule has 0 spiro atoms. The molecule has 4 nitrogen and oxygen atoms in total. The maximum absolute atomic E-state index is 12.8. The van der Waals surface area contributed by atoms with Crippen molar-refractivity contribution in [3.8, 4) is 5.75 Å². The summed E-state index contributed by atoms with van der Waals surface area (Å²) in [7, 11) is 0. The van der Waals surface area contributed by atoms with E-state index in [1.54, 1.807) is 25.3 Å². The molecule has 5 heteroatoms. The Hall–Kier alpha value is -2.43. The first-order valence-electron chi connectivity index (χ1n) is 5.29. The van der Waals surface area contributed by atoms with Crippen LogP contribution in [0.4, 0.5) is 10.2 Å². The van der Waals surface area contributed by atoms with Crippen LogP contribution in [0.1, 0.15) is 15.9 Å². The Labute approximate surface area is 103 Å². The second-order valence-electron chi connectivity index (χ2n) is 3.78. The van der Waals surface area contributed by atoms with Crippen LogP contribution in [0.5, 0.6) is 5.75 Å². The zero-order chi connectivity index (χ0) is 13.1. The number of benzene rings is 1. The van der Waals surface area contributed by atoms with Crippen LogP contribution in [0.15, 0.2) is 36.5 Å². The summed E-state index contributed by atoms with van der Waals surface area (Å²) >= 11 is 0. The molecule has 1 amide bonds. The number of hydrogen-bond acceptors (Lipinski definition) is 3. The van der Waals surface area contributed by atoms with Crippen molar-refractivity contribution in [3.05, 3.63) is 53.5 Å². The summed E-state index contributed by atoms with van der Waals surface area (Å²) in [6.07, 6.45) is 1.55. The molecule has 0 aliphatic rings. The summed E-state index contributed by atoms with van der Waals surface area (Å²) in [4.78, 5) is 15.9. The molecule has 0 bridgehead atoms. The van der Waals surface area contributed by atoms with Gasteiger partial charge in [0, 0.05) is 12.3 Å². The molecule has 0 fully saturated rings. The number of rotatable bonds is 2. The number of carbonyl (C=O) groups is 1. The first-order chi connectivity index (χ1) is 8.58. The Morgan fingerprint density at radius 2 is 2.17 bits per heavy atom. The zero-order valence-electron chi connectivity index (χ0n) is 9.64. The predicted octanol–water partition coefficient (Wildman–Crippen LogP) is 2.49. The highest BCUT2D eigenvalue weighted by Gasteiger charge is 2.13. The van der Waals surface area contributed by atoms with Gasteiger partial charge in [0.15, 0.2) is 0 Å². The molecule has 0 aliphatic heterocycles. The molecule has 2 N–H and O–H groups in total. The van der Waals surface area contributed by atoms with E-state index in [2.05, 4.69) is 10.3 Å². The van der Waals surface area contributed by atoms with Crippen LogP contribution in [0.3, 0.4) is 0 Å². The smallest absolute Gasteiger partial charge is 0.260 e. The largest absolute Gasteiger partial charge is 0.507 e. The number of halogens is 1. The molecule has 0 unspecified atom stereocenters. The van der Waals surface area contributed by atoms with E-state index < -0.39 is 17.5 Å². The third-order valence-electron chi connectivity index (χ3n) is 2.45. The summed E-state index contributed by atoms with van der Waals surface area (Å²) in [5, 5.41) is 12.0. The van der Waals surface area contributed by atoms with Crippen molar-refractivity contribution in [1.29, 1.82) is 0 Å². The molecular formula is C13H11FN2O2. The van der Waals surface area contributed by atoms with Gasteiger partial charge in [0.1, 0.15) is 17.4 Å². The number of anilines is 1. The normalized spacial score (nSPS) is 10.1. The molecule has 0 radical (unpaired) electrons. The van der Waals surface area contributed by atoms with E-state index in [9.17, 15) is 14.3 Å². The minimum Gasteiger partial charge on any atom is -0.507 e. The number of aromatic nitrogens is 1. The van der Waals surface area contributed by atoms with Crippen molar-refractivity contribution >= 4 is 11.7 Å². The molecule has 1 aromatic heterocycles. The number of phenolic OH excluding ortho intramolecular Hbond substituents is 1. The van der Waals surface area contributed by atoms with Gasteiger partial charge in [-0.05, 0) is 30.7 Å². The highest BCUT2D eigenvalue weighted by atomic mass is 19.1. The number of carbonyl (C=O) groups excluding carboxylic acids is 1. The Balaban J connectivity index is 2.25. The highest BCUT2D eigenvalue weighted by Crippen LogP contribution is 2.20. The Bertz CT molecular complexity index is 599. The van der Waals surface area contributed by atoms with Crippen LogP contribution in [-0.4, -0.2) is 16.0 Å². The van der Waals surface area contributed by atoms with Gasteiger partial charge in [-0.15, -0.1) is 0 Å². The van der Waals surface area contributed by atoms with Gasteiger partial charge in [0.05, 0.1) is 5.56 Å². The van der Waals surface area contributed by atoms with Crippen LogP contribution in [-0.2, 0) is 0 Å². The van der Waals surface area contributed by atoms with E-state index in [1.165, 1.54) is 6.07 Å². The molecular weight excluding hydrogens is 235 g/mol. The third-order valence-corrected chi connectivity index (χ3v) is 2.45. The lowest BCUT2D eigenvalue weighted by molar-refractivity contribution is 0.102. The first kappa shape index (κ1) is 12.0. The molecule has 1 aromatic carbocycles. The Morgan fingerprint density at radius 3 is 2.83 bits per heavy atom. The minimum absolute atomic E-state index is 0.00135. The van der Waals surface area contributed by atoms with Crippen LogP contribution >= 0.6 is 0 Å². The van der Waals surface area contributed by atoms with E-state index in [-0.39, 0.29) is 5.56 Å². The van der Waals surface area contributed by atoms with Crippen LogP contribution < -0.4 is 5.32 Å². The second kappa shape index (κ2) is 4.83. The second-order valence-corrected chi connectivity index (χ2v) is 3.78. The minimum atomic E-state index is -0.599. The fourth-order valence-electron chi connectivity index (χ4n) is 1.49. The van der Waals surface area contributed by atoms with Crippen molar-refractivity contribution in [1.82, 2.24) is 4.98 Å². The SMILES string of the molecule is Cc1cccnc1NC(=O)c1ccc(F)cc1O. The number of nitrogens with zero attached hydrogens (tertiary/aromatic N) is 1. The number of amides is 1. The molecule has 92 valence electrons. The van der Waals surface area contributed by atoms with Crippen molar-refractivity contribution in [2.24, 2.45) is 0 Å². The maximum Gasteiger partial charge on any atom is 0.260 e. The summed E-state index contributed by atoms with van der Waals surface area (Å²) < 4.78 is 12.8. The molecule has 18 heavy (non-hydrogen) atoms. The van der Waals surface area contributed by atoms with Crippen LogP contribution in [0.2, 0.25) is 0 Å². The maximum atomic E-state index is 12.8. The first-order valence-corrected chi connectivity index (χ1v) is 5.29. The molecule has 0 atom stereocenters. The quantitative estimate of drug-likeness (QED) is 0.855. The number of nitrogens with one attached hydrogen (secondary N) is 1. The van der Waals surface area contributed by atoms with Crippen molar-refractivity contribution in [2.75, 3.05) is 5.32 Å². The fourth-order valence-corrected chi connectivity index (χ4v) is 1.49. The Kier molecular flexibility index (Phi) is 3.23. The fraction of sp³-hybridized carbons (Fsp3) is 0.0769. The van der Waals surface area contributed by atoms with E-state index in [4.69, 9.17) is 0 Å². The van der Waals surface area contributed by atoms with E-state index in [0.717, 1.165) is 17.7 Å². The van der Waals surface area contributed by atoms with Gasteiger partial charge in [-0.3, -0.25) is 4.79 Å². The lowest BCUT2D eigenvalue weighted by Gasteiger charge is -2.08. The van der Waals surface area contributed by atoms with Gasteiger partial charge in [-0.1, -0.05) is 6.07 Å². The number of pyridine rings is 1. The van der Waals surface area contributed by atoms with Gasteiger partial charge in [0.25, 0.3) is 5.91 Å². The number of aromatic hydroxyl groups is 1. The highest BCUT2D eigenvalue weighted by molar-refractivity contribution is 6.05. The lowest BCUT2D eigenvalue weighted by Crippen LogP contribution is -2.14. The van der Waals surface area contributed by atoms with Gasteiger partial charge in [-0.2, -0.15) is 0 Å². The van der Waals surface area contributed by atoms with Crippen LogP contribution in [0.25, 0.3) is 0 Å². The Morgan fingerprint density at radius 1 is 1.39 bits per heavy atom.